The zero-order valence-electron chi connectivity index (χ0n) is 12.6. The Hall–Kier alpha value is -1.93. The van der Waals surface area contributed by atoms with E-state index in [0.29, 0.717) is 31.6 Å². The molecule has 0 spiro atoms. The number of carbonyl (C=O) groups excluding carboxylic acids is 1. The molecule has 1 fully saturated rings. The van der Waals surface area contributed by atoms with Gasteiger partial charge in [-0.25, -0.2) is 12.7 Å². The molecule has 1 saturated heterocycles. The summed E-state index contributed by atoms with van der Waals surface area (Å²) in [5.74, 6) is -0.111. The lowest BCUT2D eigenvalue weighted by Crippen LogP contribution is -2.38. The molecule has 7 nitrogen and oxygen atoms in total. The first-order chi connectivity index (χ1) is 11.1. The van der Waals surface area contributed by atoms with E-state index >= 15 is 0 Å². The largest absolute Gasteiger partial charge is 0.387 e. The zero-order chi connectivity index (χ0) is 16.3. The van der Waals surface area contributed by atoms with Crippen LogP contribution in [-0.2, 0) is 19.7 Å². The van der Waals surface area contributed by atoms with Crippen molar-refractivity contribution in [2.45, 2.75) is 18.9 Å². The Bertz CT molecular complexity index is 703. The van der Waals surface area contributed by atoms with Gasteiger partial charge in [0, 0.05) is 26.1 Å². The summed E-state index contributed by atoms with van der Waals surface area (Å²) in [4.78, 5) is 17.4. The maximum atomic E-state index is 12.1. The molecular formula is C15H19N3O4S. The monoisotopic (exact) mass is 337 g/mol. The van der Waals surface area contributed by atoms with E-state index < -0.39 is 10.0 Å². The van der Waals surface area contributed by atoms with Crippen LogP contribution in [0.15, 0.2) is 35.5 Å². The molecule has 1 N–H and O–H groups in total. The van der Waals surface area contributed by atoms with E-state index in [1.165, 1.54) is 4.31 Å². The molecule has 2 aliphatic heterocycles. The van der Waals surface area contributed by atoms with Gasteiger partial charge in [0.2, 0.25) is 10.0 Å². The van der Waals surface area contributed by atoms with Crippen molar-refractivity contribution in [1.82, 2.24) is 9.62 Å². The van der Waals surface area contributed by atoms with Crippen LogP contribution in [0.5, 0.6) is 0 Å². The third-order valence-corrected chi connectivity index (χ3v) is 5.91. The highest BCUT2D eigenvalue weighted by Crippen LogP contribution is 2.26. The van der Waals surface area contributed by atoms with Crippen molar-refractivity contribution < 1.29 is 18.0 Å². The first kappa shape index (κ1) is 15.9. The summed E-state index contributed by atoms with van der Waals surface area (Å²) in [6.45, 7) is 1.09. The molecule has 0 aromatic heterocycles. The highest BCUT2D eigenvalue weighted by molar-refractivity contribution is 7.89. The summed E-state index contributed by atoms with van der Waals surface area (Å²) >= 11 is 0. The van der Waals surface area contributed by atoms with Crippen LogP contribution in [0, 0.1) is 0 Å². The highest BCUT2D eigenvalue weighted by Gasteiger charge is 2.29. The fraction of sp³-hybridized carbons (Fsp3) is 0.467. The molecule has 3 rings (SSSR count). The van der Waals surface area contributed by atoms with Crippen molar-refractivity contribution >= 4 is 21.6 Å². The minimum absolute atomic E-state index is 0.195. The number of sulfonamides is 1. The fourth-order valence-electron chi connectivity index (χ4n) is 2.70. The van der Waals surface area contributed by atoms with Crippen molar-refractivity contribution in [1.29, 1.82) is 0 Å². The normalized spacial score (nSPS) is 23.3. The molecule has 124 valence electrons. The first-order valence-electron chi connectivity index (χ1n) is 7.60. The second kappa shape index (κ2) is 6.67. The molecule has 0 bridgehead atoms. The van der Waals surface area contributed by atoms with E-state index in [-0.39, 0.29) is 24.3 Å². The number of rotatable bonds is 5. The molecule has 8 heteroatoms. The summed E-state index contributed by atoms with van der Waals surface area (Å²) in [6.07, 6.45) is 0.823. The molecule has 0 radical (unpaired) electrons. The number of nitrogens with zero attached hydrogens (tertiary/aromatic N) is 2. The van der Waals surface area contributed by atoms with E-state index in [1.54, 1.807) is 0 Å². The molecule has 1 aromatic rings. The molecule has 1 amide bonds. The lowest BCUT2D eigenvalue weighted by atomic mass is 10.0. The fourth-order valence-corrected chi connectivity index (χ4v) is 4.23. The number of benzene rings is 1. The average molecular weight is 337 g/mol. The van der Waals surface area contributed by atoms with Crippen LogP contribution in [0.25, 0.3) is 0 Å². The van der Waals surface area contributed by atoms with Crippen LogP contribution in [-0.4, -0.2) is 49.7 Å². The van der Waals surface area contributed by atoms with Gasteiger partial charge in [-0.3, -0.25) is 4.79 Å². The Kier molecular flexibility index (Phi) is 4.63. The number of amides is 1. The molecule has 23 heavy (non-hydrogen) atoms. The minimum Gasteiger partial charge on any atom is -0.387 e. The zero-order valence-corrected chi connectivity index (χ0v) is 13.5. The van der Waals surface area contributed by atoms with E-state index in [9.17, 15) is 13.2 Å². The van der Waals surface area contributed by atoms with E-state index in [2.05, 4.69) is 10.5 Å². The number of hydrogen-bond donors (Lipinski definition) is 1. The smallest absolute Gasteiger partial charge is 0.269 e. The lowest BCUT2D eigenvalue weighted by molar-refractivity contribution is -0.114. The van der Waals surface area contributed by atoms with Gasteiger partial charge in [0.15, 0.2) is 6.10 Å². The second-order valence-electron chi connectivity index (χ2n) is 5.57. The van der Waals surface area contributed by atoms with Crippen molar-refractivity contribution in [3.8, 4) is 0 Å². The standard InChI is InChI=1S/C15H19N3O4S/c19-15(16-7-9-18-8-4-10-23(18,20)21)13-11-14(22-17-13)12-5-2-1-3-6-12/h1-3,5-6,14H,4,7-11H2,(H,16,19). The predicted molar refractivity (Wildman–Crippen MR) is 85.3 cm³/mol. The minimum atomic E-state index is -3.12. The van der Waals surface area contributed by atoms with Crippen molar-refractivity contribution in [3.63, 3.8) is 0 Å². The van der Waals surface area contributed by atoms with Crippen molar-refractivity contribution in [2.75, 3.05) is 25.4 Å². The van der Waals surface area contributed by atoms with E-state index in [4.69, 9.17) is 4.84 Å². The van der Waals surface area contributed by atoms with Gasteiger partial charge in [0.05, 0.1) is 5.75 Å². The molecular weight excluding hydrogens is 318 g/mol. The summed E-state index contributed by atoms with van der Waals surface area (Å²) in [5, 5.41) is 6.55. The van der Waals surface area contributed by atoms with E-state index in [1.807, 2.05) is 30.3 Å². The molecule has 2 heterocycles. The number of hydrogen-bond acceptors (Lipinski definition) is 5. The van der Waals surface area contributed by atoms with Gasteiger partial charge in [0.25, 0.3) is 5.91 Å². The SMILES string of the molecule is O=C(NCCN1CCCS1(=O)=O)C1=NOC(c2ccccc2)C1. The van der Waals surface area contributed by atoms with Gasteiger partial charge in [-0.1, -0.05) is 35.5 Å². The number of carbonyl (C=O) groups is 1. The summed E-state index contributed by atoms with van der Waals surface area (Å²) < 4.78 is 24.7. The van der Waals surface area contributed by atoms with Gasteiger partial charge in [-0.05, 0) is 12.0 Å². The Morgan fingerprint density at radius 1 is 1.35 bits per heavy atom. The van der Waals surface area contributed by atoms with Crippen molar-refractivity contribution in [2.24, 2.45) is 5.16 Å². The van der Waals surface area contributed by atoms with Gasteiger partial charge in [0.1, 0.15) is 5.71 Å². The third kappa shape index (κ3) is 3.70. The molecule has 0 saturated carbocycles. The molecule has 1 aromatic carbocycles. The Labute approximate surface area is 135 Å². The summed E-state index contributed by atoms with van der Waals surface area (Å²) in [7, 11) is -3.12. The Morgan fingerprint density at radius 3 is 2.83 bits per heavy atom. The van der Waals surface area contributed by atoms with Gasteiger partial charge < -0.3 is 10.2 Å². The molecule has 1 atom stereocenters. The maximum absolute atomic E-state index is 12.1. The van der Waals surface area contributed by atoms with Crippen LogP contribution in [0.1, 0.15) is 24.5 Å². The summed E-state index contributed by atoms with van der Waals surface area (Å²) in [5.41, 5.74) is 1.31. The quantitative estimate of drug-likeness (QED) is 0.855. The molecule has 2 aliphatic rings. The van der Waals surface area contributed by atoms with Crippen molar-refractivity contribution in [3.05, 3.63) is 35.9 Å². The highest BCUT2D eigenvalue weighted by atomic mass is 32.2. The van der Waals surface area contributed by atoms with Crippen LogP contribution in [0.4, 0.5) is 0 Å². The van der Waals surface area contributed by atoms with E-state index in [0.717, 1.165) is 5.56 Å². The number of nitrogens with one attached hydrogen (secondary N) is 1. The van der Waals surface area contributed by atoms with Crippen LogP contribution in [0.2, 0.25) is 0 Å². The predicted octanol–water partition coefficient (Wildman–Crippen LogP) is 0.656. The Morgan fingerprint density at radius 2 is 2.13 bits per heavy atom. The van der Waals surface area contributed by atoms with Gasteiger partial charge >= 0.3 is 0 Å². The topological polar surface area (TPSA) is 88.1 Å². The van der Waals surface area contributed by atoms with Crippen LogP contribution >= 0.6 is 0 Å². The van der Waals surface area contributed by atoms with Gasteiger partial charge in [-0.2, -0.15) is 0 Å². The second-order valence-corrected chi connectivity index (χ2v) is 7.66. The average Bonchev–Trinajstić information content (AvgIpc) is 3.15. The molecule has 0 aliphatic carbocycles. The number of oxime groups is 1. The Balaban J connectivity index is 1.46. The van der Waals surface area contributed by atoms with Crippen LogP contribution in [0.3, 0.4) is 0 Å². The van der Waals surface area contributed by atoms with Gasteiger partial charge in [-0.15, -0.1) is 0 Å². The lowest BCUT2D eigenvalue weighted by Gasteiger charge is -2.14. The first-order valence-corrected chi connectivity index (χ1v) is 9.21. The molecule has 1 unspecified atom stereocenters. The van der Waals surface area contributed by atoms with Crippen LogP contribution < -0.4 is 5.32 Å². The summed E-state index contributed by atoms with van der Waals surface area (Å²) in [6, 6.07) is 9.60. The third-order valence-electron chi connectivity index (χ3n) is 3.95. The maximum Gasteiger partial charge on any atom is 0.269 e.